The minimum atomic E-state index is -0.543. The highest BCUT2D eigenvalue weighted by Gasteiger charge is 2.39. The molecule has 2 aromatic carbocycles. The number of anilines is 2. The van der Waals surface area contributed by atoms with Gasteiger partial charge in [0.05, 0.1) is 15.7 Å². The molecule has 2 amide bonds. The normalized spacial score (nSPS) is 21.0. The summed E-state index contributed by atoms with van der Waals surface area (Å²) in [6.45, 7) is 13.2. The van der Waals surface area contributed by atoms with Crippen molar-refractivity contribution in [1.29, 1.82) is 0 Å². The van der Waals surface area contributed by atoms with Crippen molar-refractivity contribution in [3.63, 3.8) is 0 Å². The van der Waals surface area contributed by atoms with Crippen LogP contribution in [0.25, 0.3) is 6.08 Å². The predicted octanol–water partition coefficient (Wildman–Crippen LogP) is 6.63. The van der Waals surface area contributed by atoms with Gasteiger partial charge in [-0.3, -0.25) is 19.8 Å². The Balaban J connectivity index is 1.81. The quantitative estimate of drug-likeness (QED) is 0.275. The van der Waals surface area contributed by atoms with Gasteiger partial charge in [0.1, 0.15) is 5.57 Å². The molecule has 0 saturated carbocycles. The van der Waals surface area contributed by atoms with Gasteiger partial charge < -0.3 is 4.90 Å². The van der Waals surface area contributed by atoms with Gasteiger partial charge in [0.15, 0.2) is 5.11 Å². The van der Waals surface area contributed by atoms with Gasteiger partial charge >= 0.3 is 0 Å². The highest BCUT2D eigenvalue weighted by Crippen LogP contribution is 2.45. The van der Waals surface area contributed by atoms with Gasteiger partial charge in [0, 0.05) is 17.3 Å². The maximum atomic E-state index is 13.5. The van der Waals surface area contributed by atoms with E-state index in [2.05, 4.69) is 57.0 Å². The van der Waals surface area contributed by atoms with Crippen LogP contribution >= 0.6 is 35.4 Å². The molecule has 1 fully saturated rings. The summed E-state index contributed by atoms with van der Waals surface area (Å²) in [4.78, 5) is 30.0. The van der Waals surface area contributed by atoms with E-state index in [1.807, 2.05) is 6.92 Å². The van der Waals surface area contributed by atoms with E-state index in [1.54, 1.807) is 24.3 Å². The molecule has 0 aliphatic carbocycles. The smallest absolute Gasteiger partial charge is 0.270 e. The van der Waals surface area contributed by atoms with E-state index in [0.29, 0.717) is 22.7 Å². The molecule has 0 aromatic heterocycles. The molecule has 1 atom stereocenters. The van der Waals surface area contributed by atoms with Crippen molar-refractivity contribution < 1.29 is 9.59 Å². The Labute approximate surface area is 222 Å². The van der Waals surface area contributed by atoms with Crippen LogP contribution in [0.1, 0.15) is 63.6 Å². The van der Waals surface area contributed by atoms with E-state index in [-0.39, 0.29) is 21.2 Å². The van der Waals surface area contributed by atoms with Crippen molar-refractivity contribution in [3.8, 4) is 0 Å². The Morgan fingerprint density at radius 2 is 1.86 bits per heavy atom. The molecule has 0 radical (unpaired) electrons. The molecule has 184 valence electrons. The zero-order valence-electron chi connectivity index (χ0n) is 20.7. The Hall–Kier alpha value is -2.41. The monoisotopic (exact) mass is 529 g/mol. The van der Waals surface area contributed by atoms with E-state index in [4.69, 9.17) is 35.4 Å². The van der Waals surface area contributed by atoms with Crippen LogP contribution in [0.2, 0.25) is 10.0 Å². The summed E-state index contributed by atoms with van der Waals surface area (Å²) >= 11 is 17.8. The summed E-state index contributed by atoms with van der Waals surface area (Å²) in [5.41, 5.74) is 4.56. The lowest BCUT2D eigenvalue weighted by Crippen LogP contribution is -2.54. The third kappa shape index (κ3) is 4.48. The molecule has 5 nitrogen and oxygen atoms in total. The highest BCUT2D eigenvalue weighted by atomic mass is 35.5. The van der Waals surface area contributed by atoms with Crippen LogP contribution in [-0.2, 0) is 9.59 Å². The summed E-state index contributed by atoms with van der Waals surface area (Å²) in [7, 11) is 0. The van der Waals surface area contributed by atoms with Gasteiger partial charge in [-0.2, -0.15) is 0 Å². The standard InChI is InChI=1S/C27H29Cl2N3O2S/c1-14(2)32-22-10-15(3)17(11-18(22)16(4)13-27(32,5)6)12-19-24(33)30-26(35)31(25(19)34)21-9-7-8-20(28)23(21)29/h7-12,14,16H,13H2,1-6H3,(H,30,33,35)/b19-12+. The number of benzene rings is 2. The molecular formula is C27H29Cl2N3O2S. The number of amides is 2. The summed E-state index contributed by atoms with van der Waals surface area (Å²) in [5.74, 6) is -0.750. The first-order chi connectivity index (χ1) is 16.3. The summed E-state index contributed by atoms with van der Waals surface area (Å²) in [6, 6.07) is 9.55. The van der Waals surface area contributed by atoms with Crippen LogP contribution in [0.4, 0.5) is 11.4 Å². The zero-order chi connectivity index (χ0) is 25.8. The number of thiocarbonyl (C=S) groups is 1. The van der Waals surface area contributed by atoms with E-state index in [1.165, 1.54) is 16.2 Å². The van der Waals surface area contributed by atoms with Crippen molar-refractivity contribution in [2.24, 2.45) is 0 Å². The summed E-state index contributed by atoms with van der Waals surface area (Å²) in [5, 5.41) is 3.06. The number of halogens is 2. The molecule has 2 heterocycles. The van der Waals surface area contributed by atoms with Gasteiger partial charge in [0.25, 0.3) is 11.8 Å². The van der Waals surface area contributed by atoms with Crippen LogP contribution in [0, 0.1) is 6.92 Å². The molecule has 0 spiro atoms. The number of rotatable bonds is 3. The molecule has 2 aliphatic heterocycles. The number of hydrogen-bond acceptors (Lipinski definition) is 4. The molecule has 1 unspecified atom stereocenters. The second-order valence-corrected chi connectivity index (χ2v) is 11.4. The van der Waals surface area contributed by atoms with Crippen molar-refractivity contribution in [2.45, 2.75) is 65.5 Å². The van der Waals surface area contributed by atoms with Crippen molar-refractivity contribution in [1.82, 2.24) is 5.32 Å². The Bertz CT molecular complexity index is 1290. The fourth-order valence-corrected chi connectivity index (χ4v) is 6.10. The van der Waals surface area contributed by atoms with Gasteiger partial charge in [-0.1, -0.05) is 36.2 Å². The minimum absolute atomic E-state index is 0.0119. The Kier molecular flexibility index (Phi) is 6.77. The van der Waals surface area contributed by atoms with Gasteiger partial charge in [0.2, 0.25) is 0 Å². The molecule has 0 bridgehead atoms. The maximum absolute atomic E-state index is 13.5. The van der Waals surface area contributed by atoms with Crippen LogP contribution in [0.15, 0.2) is 35.9 Å². The highest BCUT2D eigenvalue weighted by molar-refractivity contribution is 7.80. The first-order valence-electron chi connectivity index (χ1n) is 11.6. The summed E-state index contributed by atoms with van der Waals surface area (Å²) < 4.78 is 0. The topological polar surface area (TPSA) is 52.7 Å². The largest absolute Gasteiger partial charge is 0.364 e. The average Bonchev–Trinajstić information content (AvgIpc) is 2.73. The van der Waals surface area contributed by atoms with Crippen molar-refractivity contribution >= 4 is 69.8 Å². The van der Waals surface area contributed by atoms with E-state index in [0.717, 1.165) is 17.5 Å². The number of carbonyl (C=O) groups excluding carboxylic acids is 2. The third-order valence-electron chi connectivity index (χ3n) is 6.75. The predicted molar refractivity (Wildman–Crippen MR) is 149 cm³/mol. The van der Waals surface area contributed by atoms with E-state index in [9.17, 15) is 9.59 Å². The molecule has 35 heavy (non-hydrogen) atoms. The molecule has 4 rings (SSSR count). The fourth-order valence-electron chi connectivity index (χ4n) is 5.44. The number of hydrogen-bond donors (Lipinski definition) is 1. The van der Waals surface area contributed by atoms with Crippen LogP contribution in [0.3, 0.4) is 0 Å². The van der Waals surface area contributed by atoms with Crippen LogP contribution in [0.5, 0.6) is 0 Å². The molecule has 2 aliphatic rings. The zero-order valence-corrected chi connectivity index (χ0v) is 23.0. The lowest BCUT2D eigenvalue weighted by molar-refractivity contribution is -0.122. The third-order valence-corrected chi connectivity index (χ3v) is 7.85. The molecule has 1 N–H and O–H groups in total. The van der Waals surface area contributed by atoms with Crippen LogP contribution < -0.4 is 15.1 Å². The van der Waals surface area contributed by atoms with E-state index < -0.39 is 11.8 Å². The number of aryl methyl sites for hydroxylation is 1. The van der Waals surface area contributed by atoms with Gasteiger partial charge in [-0.25, -0.2) is 0 Å². The number of nitrogens with one attached hydrogen (secondary N) is 1. The minimum Gasteiger partial charge on any atom is -0.364 e. The van der Waals surface area contributed by atoms with E-state index >= 15 is 0 Å². The number of carbonyl (C=O) groups is 2. The molecule has 8 heteroatoms. The van der Waals surface area contributed by atoms with Crippen LogP contribution in [-0.4, -0.2) is 28.5 Å². The number of fused-ring (bicyclic) bond motifs is 1. The fraction of sp³-hybridized carbons (Fsp3) is 0.370. The van der Waals surface area contributed by atoms with Crippen molar-refractivity contribution in [2.75, 3.05) is 9.80 Å². The second kappa shape index (κ2) is 9.23. The SMILES string of the molecule is Cc1cc2c(cc1/C=C1\C(=O)NC(=S)N(c3cccc(Cl)c3Cl)C1=O)C(C)CC(C)(C)N2C(C)C. The first-order valence-corrected chi connectivity index (χ1v) is 12.8. The number of nitrogens with zero attached hydrogens (tertiary/aromatic N) is 2. The maximum Gasteiger partial charge on any atom is 0.270 e. The first kappa shape index (κ1) is 25.7. The molecule has 1 saturated heterocycles. The molecule has 2 aromatic rings. The molecular weight excluding hydrogens is 501 g/mol. The van der Waals surface area contributed by atoms with Gasteiger partial charge in [-0.05, 0) is 106 Å². The van der Waals surface area contributed by atoms with Gasteiger partial charge in [-0.15, -0.1) is 0 Å². The second-order valence-electron chi connectivity index (χ2n) is 10.2. The Morgan fingerprint density at radius 1 is 1.17 bits per heavy atom. The average molecular weight is 531 g/mol. The Morgan fingerprint density at radius 3 is 2.51 bits per heavy atom. The summed E-state index contributed by atoms with van der Waals surface area (Å²) in [6.07, 6.45) is 2.65. The lowest BCUT2D eigenvalue weighted by Gasteiger charge is -2.50. The lowest BCUT2D eigenvalue weighted by atomic mass is 9.78. The van der Waals surface area contributed by atoms with Crippen molar-refractivity contribution in [3.05, 3.63) is 62.6 Å².